The summed E-state index contributed by atoms with van der Waals surface area (Å²) in [5.41, 5.74) is 1.63. The third kappa shape index (κ3) is 3.90. The summed E-state index contributed by atoms with van der Waals surface area (Å²) in [6, 6.07) is 13.5. The van der Waals surface area contributed by atoms with Crippen molar-refractivity contribution in [2.75, 3.05) is 37.6 Å². The molecule has 0 saturated carbocycles. The Hall–Kier alpha value is -2.89. The highest BCUT2D eigenvalue weighted by Gasteiger charge is 2.21. The topological polar surface area (TPSA) is 65.5 Å². The van der Waals surface area contributed by atoms with Crippen molar-refractivity contribution in [1.82, 2.24) is 15.2 Å². The predicted molar refractivity (Wildman–Crippen MR) is 91.8 cm³/mol. The molecule has 1 aliphatic heterocycles. The molecule has 2 heterocycles. The van der Waals surface area contributed by atoms with Gasteiger partial charge in [-0.3, -0.25) is 14.6 Å². The molecule has 0 unspecified atom stereocenters. The fourth-order valence-electron chi connectivity index (χ4n) is 2.72. The molecule has 1 saturated heterocycles. The summed E-state index contributed by atoms with van der Waals surface area (Å²) in [7, 11) is 0. The van der Waals surface area contributed by atoms with E-state index < -0.39 is 0 Å². The minimum atomic E-state index is -0.278. The van der Waals surface area contributed by atoms with Crippen molar-refractivity contribution in [3.05, 3.63) is 60.4 Å². The normalized spacial score (nSPS) is 14.3. The van der Waals surface area contributed by atoms with E-state index in [1.54, 1.807) is 23.2 Å². The molecule has 1 aromatic carbocycles. The molecule has 0 spiro atoms. The molecule has 6 nitrogen and oxygen atoms in total. The number of nitrogens with zero attached hydrogens (tertiary/aromatic N) is 3. The van der Waals surface area contributed by atoms with Crippen LogP contribution < -0.4 is 10.2 Å². The molecule has 0 aliphatic carbocycles. The van der Waals surface area contributed by atoms with Crippen LogP contribution in [0.25, 0.3) is 0 Å². The van der Waals surface area contributed by atoms with Crippen molar-refractivity contribution >= 4 is 17.5 Å². The maximum Gasteiger partial charge on any atom is 0.253 e. The highest BCUT2D eigenvalue weighted by molar-refractivity contribution is 5.96. The molecule has 1 aromatic heterocycles. The van der Waals surface area contributed by atoms with Gasteiger partial charge < -0.3 is 15.1 Å². The van der Waals surface area contributed by atoms with Crippen molar-refractivity contribution in [2.24, 2.45) is 0 Å². The second kappa shape index (κ2) is 7.59. The van der Waals surface area contributed by atoms with Crippen LogP contribution in [0.15, 0.2) is 54.9 Å². The monoisotopic (exact) mass is 324 g/mol. The van der Waals surface area contributed by atoms with E-state index in [1.165, 1.54) is 11.9 Å². The molecular weight excluding hydrogens is 304 g/mol. The van der Waals surface area contributed by atoms with E-state index in [2.05, 4.69) is 27.3 Å². The highest BCUT2D eigenvalue weighted by Crippen LogP contribution is 2.15. The number of amides is 2. The molecule has 1 fully saturated rings. The Morgan fingerprint density at radius 3 is 2.42 bits per heavy atom. The number of benzene rings is 1. The Morgan fingerprint density at radius 1 is 1.00 bits per heavy atom. The number of nitrogens with one attached hydrogen (secondary N) is 1. The third-order valence-corrected chi connectivity index (χ3v) is 4.08. The lowest BCUT2D eigenvalue weighted by molar-refractivity contribution is -0.130. The zero-order valence-electron chi connectivity index (χ0n) is 13.4. The van der Waals surface area contributed by atoms with Crippen molar-refractivity contribution < 1.29 is 9.59 Å². The number of para-hydroxylation sites is 1. The molecule has 124 valence electrons. The van der Waals surface area contributed by atoms with Gasteiger partial charge in [-0.1, -0.05) is 18.2 Å². The van der Waals surface area contributed by atoms with E-state index in [0.717, 1.165) is 13.1 Å². The number of aromatic nitrogens is 1. The summed E-state index contributed by atoms with van der Waals surface area (Å²) >= 11 is 0. The average Bonchev–Trinajstić information content (AvgIpc) is 2.67. The zero-order chi connectivity index (χ0) is 16.8. The standard InChI is InChI=1S/C18H20N4O2/c23-17(14-20-18(24)15-5-4-8-19-13-15)22-11-9-21(10-12-22)16-6-2-1-3-7-16/h1-8,13H,9-12,14H2,(H,20,24). The summed E-state index contributed by atoms with van der Waals surface area (Å²) in [4.78, 5) is 32.1. The number of pyridine rings is 1. The van der Waals surface area contributed by atoms with E-state index in [4.69, 9.17) is 0 Å². The quantitative estimate of drug-likeness (QED) is 0.916. The van der Waals surface area contributed by atoms with E-state index in [1.807, 2.05) is 18.2 Å². The number of carbonyl (C=O) groups is 2. The fraction of sp³-hybridized carbons (Fsp3) is 0.278. The average molecular weight is 324 g/mol. The molecule has 2 aromatic rings. The van der Waals surface area contributed by atoms with Crippen LogP contribution in [-0.2, 0) is 4.79 Å². The Balaban J connectivity index is 1.46. The summed E-state index contributed by atoms with van der Waals surface area (Å²) in [5.74, 6) is -0.334. The smallest absolute Gasteiger partial charge is 0.253 e. The second-order valence-corrected chi connectivity index (χ2v) is 5.63. The molecular formula is C18H20N4O2. The van der Waals surface area contributed by atoms with Gasteiger partial charge in [0.15, 0.2) is 0 Å². The van der Waals surface area contributed by atoms with Crippen LogP contribution in [-0.4, -0.2) is 54.4 Å². The molecule has 0 radical (unpaired) electrons. The van der Waals surface area contributed by atoms with Crippen LogP contribution in [0.5, 0.6) is 0 Å². The molecule has 3 rings (SSSR count). The molecule has 0 atom stereocenters. The first-order valence-electron chi connectivity index (χ1n) is 8.00. The highest BCUT2D eigenvalue weighted by atomic mass is 16.2. The van der Waals surface area contributed by atoms with E-state index in [0.29, 0.717) is 18.7 Å². The minimum absolute atomic E-state index is 0.0130. The van der Waals surface area contributed by atoms with Crippen LogP contribution in [0.4, 0.5) is 5.69 Å². The van der Waals surface area contributed by atoms with Crippen LogP contribution in [0.3, 0.4) is 0 Å². The van der Waals surface area contributed by atoms with Gasteiger partial charge in [0, 0.05) is 44.3 Å². The number of hydrogen-bond donors (Lipinski definition) is 1. The van der Waals surface area contributed by atoms with Gasteiger partial charge in [0.05, 0.1) is 12.1 Å². The van der Waals surface area contributed by atoms with Gasteiger partial charge in [0.2, 0.25) is 5.91 Å². The third-order valence-electron chi connectivity index (χ3n) is 4.08. The van der Waals surface area contributed by atoms with Crippen LogP contribution in [0.2, 0.25) is 0 Å². The van der Waals surface area contributed by atoms with Gasteiger partial charge in [-0.05, 0) is 24.3 Å². The van der Waals surface area contributed by atoms with Gasteiger partial charge in [-0.15, -0.1) is 0 Å². The summed E-state index contributed by atoms with van der Waals surface area (Å²) in [6.45, 7) is 2.94. The lowest BCUT2D eigenvalue weighted by Crippen LogP contribution is -2.51. The van der Waals surface area contributed by atoms with Crippen LogP contribution in [0.1, 0.15) is 10.4 Å². The van der Waals surface area contributed by atoms with Gasteiger partial charge in [0.25, 0.3) is 5.91 Å². The number of hydrogen-bond acceptors (Lipinski definition) is 4. The van der Waals surface area contributed by atoms with Gasteiger partial charge in [-0.2, -0.15) is 0 Å². The number of rotatable bonds is 4. The first kappa shape index (κ1) is 16.0. The number of piperazine rings is 1. The first-order chi connectivity index (χ1) is 11.7. The van der Waals surface area contributed by atoms with Crippen molar-refractivity contribution in [3.8, 4) is 0 Å². The molecule has 6 heteroatoms. The lowest BCUT2D eigenvalue weighted by atomic mass is 10.2. The largest absolute Gasteiger partial charge is 0.368 e. The fourth-order valence-corrected chi connectivity index (χ4v) is 2.72. The Kier molecular flexibility index (Phi) is 5.05. The summed E-state index contributed by atoms with van der Waals surface area (Å²) in [6.07, 6.45) is 3.09. The Morgan fingerprint density at radius 2 is 1.75 bits per heavy atom. The van der Waals surface area contributed by atoms with Gasteiger partial charge in [0.1, 0.15) is 0 Å². The zero-order valence-corrected chi connectivity index (χ0v) is 13.4. The Bertz CT molecular complexity index is 683. The molecule has 24 heavy (non-hydrogen) atoms. The van der Waals surface area contributed by atoms with Crippen LogP contribution >= 0.6 is 0 Å². The Labute approximate surface area is 141 Å². The van der Waals surface area contributed by atoms with E-state index in [-0.39, 0.29) is 18.4 Å². The minimum Gasteiger partial charge on any atom is -0.368 e. The number of carbonyl (C=O) groups excluding carboxylic acids is 2. The van der Waals surface area contributed by atoms with Crippen molar-refractivity contribution in [3.63, 3.8) is 0 Å². The molecule has 2 amide bonds. The van der Waals surface area contributed by atoms with Crippen LogP contribution in [0, 0.1) is 0 Å². The van der Waals surface area contributed by atoms with Gasteiger partial charge >= 0.3 is 0 Å². The molecule has 0 bridgehead atoms. The summed E-state index contributed by atoms with van der Waals surface area (Å²) < 4.78 is 0. The predicted octanol–water partition coefficient (Wildman–Crippen LogP) is 1.16. The first-order valence-corrected chi connectivity index (χ1v) is 8.00. The molecule has 1 aliphatic rings. The number of anilines is 1. The van der Waals surface area contributed by atoms with Gasteiger partial charge in [-0.25, -0.2) is 0 Å². The van der Waals surface area contributed by atoms with E-state index >= 15 is 0 Å². The van der Waals surface area contributed by atoms with Crippen molar-refractivity contribution in [2.45, 2.75) is 0 Å². The second-order valence-electron chi connectivity index (χ2n) is 5.63. The van der Waals surface area contributed by atoms with E-state index in [9.17, 15) is 9.59 Å². The lowest BCUT2D eigenvalue weighted by Gasteiger charge is -2.36. The summed E-state index contributed by atoms with van der Waals surface area (Å²) in [5, 5.41) is 2.66. The SMILES string of the molecule is O=C(NCC(=O)N1CCN(c2ccccc2)CC1)c1cccnc1. The molecule has 1 N–H and O–H groups in total. The maximum absolute atomic E-state index is 12.3. The van der Waals surface area contributed by atoms with Crippen molar-refractivity contribution in [1.29, 1.82) is 0 Å². The maximum atomic E-state index is 12.3.